The van der Waals surface area contributed by atoms with Gasteiger partial charge in [0.1, 0.15) is 12.8 Å². The van der Waals surface area contributed by atoms with Crippen molar-refractivity contribution in [3.8, 4) is 0 Å². The average molecular weight is 260 g/mol. The topological polar surface area (TPSA) is 108 Å². The molecule has 1 aliphatic rings. The molecule has 0 aromatic carbocycles. The van der Waals surface area contributed by atoms with E-state index in [-0.39, 0.29) is 26.1 Å². The molecular weight excluding hydrogens is 244 g/mol. The first-order valence-electron chi connectivity index (χ1n) is 5.62. The van der Waals surface area contributed by atoms with Crippen LogP contribution in [0.3, 0.4) is 0 Å². The molecule has 102 valence electrons. The first-order valence-corrected chi connectivity index (χ1v) is 5.62. The molecule has 0 aromatic heterocycles. The Morgan fingerprint density at radius 3 is 2.50 bits per heavy atom. The van der Waals surface area contributed by atoms with Gasteiger partial charge in [0.15, 0.2) is 0 Å². The van der Waals surface area contributed by atoms with E-state index in [4.69, 9.17) is 10.5 Å². The fourth-order valence-electron chi connectivity index (χ4n) is 1.20. The Kier molecular flexibility index (Phi) is 5.53. The molecule has 0 radical (unpaired) electrons. The molecule has 18 heavy (non-hydrogen) atoms. The second kappa shape index (κ2) is 6.92. The van der Waals surface area contributed by atoms with Crippen LogP contribution in [0.5, 0.6) is 0 Å². The van der Waals surface area contributed by atoms with Crippen molar-refractivity contribution < 1.29 is 28.7 Å². The minimum Gasteiger partial charge on any atom is -0.430 e. The minimum atomic E-state index is -1.12. The maximum atomic E-state index is 11.1. The number of rotatable bonds is 6. The first kappa shape index (κ1) is 14.4. The van der Waals surface area contributed by atoms with Gasteiger partial charge in [-0.05, 0) is 6.42 Å². The third-order valence-electron chi connectivity index (χ3n) is 2.21. The molecule has 1 rings (SSSR count). The number of nitrogens with two attached hydrogens (primary N) is 1. The van der Waals surface area contributed by atoms with Crippen molar-refractivity contribution in [3.63, 3.8) is 0 Å². The average Bonchev–Trinajstić information content (AvgIpc) is 2.66. The summed E-state index contributed by atoms with van der Waals surface area (Å²) in [6, 6.07) is 0. The third kappa shape index (κ3) is 4.30. The second-order valence-electron chi connectivity index (χ2n) is 3.59. The zero-order valence-corrected chi connectivity index (χ0v) is 10.1. The van der Waals surface area contributed by atoms with Crippen molar-refractivity contribution in [2.75, 3.05) is 13.2 Å². The van der Waals surface area contributed by atoms with Gasteiger partial charge in [0, 0.05) is 12.8 Å². The number of hydroxylamine groups is 2. The predicted octanol–water partition coefficient (Wildman–Crippen LogP) is -0.0850. The first-order chi connectivity index (χ1) is 8.54. The van der Waals surface area contributed by atoms with Crippen LogP contribution in [0.2, 0.25) is 0 Å². The zero-order chi connectivity index (χ0) is 13.5. The number of carbonyl (C=O) groups excluding carboxylic acids is 3. The number of hydrogen-bond donors (Lipinski definition) is 1. The summed E-state index contributed by atoms with van der Waals surface area (Å²) in [7, 11) is 0. The van der Waals surface area contributed by atoms with Crippen LogP contribution in [-0.4, -0.2) is 42.5 Å². The van der Waals surface area contributed by atoms with Gasteiger partial charge in [-0.1, -0.05) is 12.0 Å². The van der Waals surface area contributed by atoms with E-state index in [1.807, 2.05) is 6.92 Å². The van der Waals surface area contributed by atoms with E-state index >= 15 is 0 Å². The molecule has 1 atom stereocenters. The van der Waals surface area contributed by atoms with Gasteiger partial charge in [-0.25, -0.2) is 4.79 Å². The van der Waals surface area contributed by atoms with Crippen LogP contribution in [0.1, 0.15) is 26.2 Å². The summed E-state index contributed by atoms with van der Waals surface area (Å²) in [6.07, 6.45) is -0.804. The Labute approximate surface area is 104 Å². The molecule has 0 aliphatic carbocycles. The van der Waals surface area contributed by atoms with Gasteiger partial charge in [-0.3, -0.25) is 14.4 Å². The Balaban J connectivity index is 2.18. The van der Waals surface area contributed by atoms with Crippen molar-refractivity contribution in [3.05, 3.63) is 0 Å². The monoisotopic (exact) mass is 260 g/mol. The standard InChI is InChI=1S/C10H16N2O6/c1-2-7(11)16-5-6-17-10(15)18-12-8(13)3-4-9(12)14/h7H,2-6,11H2,1H3. The number of carbonyl (C=O) groups is 3. The van der Waals surface area contributed by atoms with Gasteiger partial charge < -0.3 is 15.2 Å². The van der Waals surface area contributed by atoms with Gasteiger partial charge in [0.25, 0.3) is 11.8 Å². The Morgan fingerprint density at radius 2 is 1.94 bits per heavy atom. The van der Waals surface area contributed by atoms with Crippen molar-refractivity contribution in [1.82, 2.24) is 5.06 Å². The van der Waals surface area contributed by atoms with Gasteiger partial charge in [-0.2, -0.15) is 0 Å². The van der Waals surface area contributed by atoms with Crippen LogP contribution in [0.15, 0.2) is 0 Å². The highest BCUT2D eigenvalue weighted by molar-refractivity contribution is 6.01. The maximum Gasteiger partial charge on any atom is 0.534 e. The Bertz CT molecular complexity index is 316. The summed E-state index contributed by atoms with van der Waals surface area (Å²) in [5, 5.41) is 0.418. The van der Waals surface area contributed by atoms with Crippen molar-refractivity contribution >= 4 is 18.0 Å². The van der Waals surface area contributed by atoms with E-state index in [9.17, 15) is 14.4 Å². The van der Waals surface area contributed by atoms with Crippen molar-refractivity contribution in [2.45, 2.75) is 32.4 Å². The van der Waals surface area contributed by atoms with Crippen molar-refractivity contribution in [1.29, 1.82) is 0 Å². The lowest BCUT2D eigenvalue weighted by Crippen LogP contribution is -2.33. The number of ether oxygens (including phenoxy) is 2. The summed E-state index contributed by atoms with van der Waals surface area (Å²) in [5.41, 5.74) is 5.47. The van der Waals surface area contributed by atoms with Crippen molar-refractivity contribution in [2.24, 2.45) is 5.73 Å². The molecule has 1 unspecified atom stereocenters. The minimum absolute atomic E-state index is 0.0422. The van der Waals surface area contributed by atoms with Gasteiger partial charge in [0.05, 0.1) is 6.61 Å². The summed E-state index contributed by atoms with van der Waals surface area (Å²) < 4.78 is 9.66. The zero-order valence-electron chi connectivity index (χ0n) is 10.1. The molecule has 1 fully saturated rings. The highest BCUT2D eigenvalue weighted by atomic mass is 16.8. The van der Waals surface area contributed by atoms with E-state index in [1.165, 1.54) is 0 Å². The number of hydrogen-bond acceptors (Lipinski definition) is 7. The normalized spacial score (nSPS) is 16.9. The van der Waals surface area contributed by atoms with Gasteiger partial charge in [-0.15, -0.1) is 0 Å². The lowest BCUT2D eigenvalue weighted by molar-refractivity contribution is -0.177. The Morgan fingerprint density at radius 1 is 1.33 bits per heavy atom. The van der Waals surface area contributed by atoms with Gasteiger partial charge >= 0.3 is 6.16 Å². The lowest BCUT2D eigenvalue weighted by atomic mass is 10.4. The van der Waals surface area contributed by atoms with Crippen LogP contribution in [0, 0.1) is 0 Å². The molecule has 2 N–H and O–H groups in total. The number of amides is 2. The van der Waals surface area contributed by atoms with Crippen LogP contribution in [0.4, 0.5) is 4.79 Å². The van der Waals surface area contributed by atoms with E-state index in [1.54, 1.807) is 0 Å². The molecule has 2 amide bonds. The second-order valence-corrected chi connectivity index (χ2v) is 3.59. The lowest BCUT2D eigenvalue weighted by Gasteiger charge is -2.13. The molecule has 0 aromatic rings. The fraction of sp³-hybridized carbons (Fsp3) is 0.700. The molecule has 0 saturated carbocycles. The largest absolute Gasteiger partial charge is 0.534 e. The maximum absolute atomic E-state index is 11.1. The summed E-state index contributed by atoms with van der Waals surface area (Å²) in [6.45, 7) is 1.90. The molecule has 0 spiro atoms. The van der Waals surface area contributed by atoms with Gasteiger partial charge in [0.2, 0.25) is 0 Å². The van der Waals surface area contributed by atoms with E-state index in [2.05, 4.69) is 9.57 Å². The molecule has 1 saturated heterocycles. The molecule has 1 heterocycles. The van der Waals surface area contributed by atoms with E-state index < -0.39 is 24.2 Å². The van der Waals surface area contributed by atoms with Crippen LogP contribution in [0.25, 0.3) is 0 Å². The smallest absolute Gasteiger partial charge is 0.430 e. The highest BCUT2D eigenvalue weighted by Gasteiger charge is 2.33. The van der Waals surface area contributed by atoms with Crippen LogP contribution < -0.4 is 5.73 Å². The van der Waals surface area contributed by atoms with Crippen LogP contribution >= 0.6 is 0 Å². The molecule has 1 aliphatic heterocycles. The van der Waals surface area contributed by atoms with E-state index in [0.29, 0.717) is 11.5 Å². The molecular formula is C10H16N2O6. The number of imide groups is 1. The predicted molar refractivity (Wildman–Crippen MR) is 57.7 cm³/mol. The fourth-order valence-corrected chi connectivity index (χ4v) is 1.20. The summed E-state index contributed by atoms with van der Waals surface area (Å²) in [4.78, 5) is 37.8. The Hall–Kier alpha value is -1.67. The number of nitrogens with zero attached hydrogens (tertiary/aromatic N) is 1. The molecule has 8 nitrogen and oxygen atoms in total. The summed E-state index contributed by atoms with van der Waals surface area (Å²) >= 11 is 0. The third-order valence-corrected chi connectivity index (χ3v) is 2.21. The summed E-state index contributed by atoms with van der Waals surface area (Å²) in [5.74, 6) is -1.11. The van der Waals surface area contributed by atoms with E-state index in [0.717, 1.165) is 0 Å². The molecule has 8 heteroatoms. The quantitative estimate of drug-likeness (QED) is 0.308. The van der Waals surface area contributed by atoms with Crippen LogP contribution in [-0.2, 0) is 23.9 Å². The SMILES string of the molecule is CCC(N)OCCOC(=O)ON1C(=O)CCC1=O. The molecule has 0 bridgehead atoms. The highest BCUT2D eigenvalue weighted by Crippen LogP contribution is 2.12.